The van der Waals surface area contributed by atoms with Gasteiger partial charge in [-0.25, -0.2) is 0 Å². The highest BCUT2D eigenvalue weighted by Crippen LogP contribution is 2.11. The Morgan fingerprint density at radius 3 is 2.62 bits per heavy atom. The van der Waals surface area contributed by atoms with Gasteiger partial charge in [-0.2, -0.15) is 0 Å². The molecule has 0 aliphatic carbocycles. The summed E-state index contributed by atoms with van der Waals surface area (Å²) in [5.41, 5.74) is 2.18. The molecule has 0 bridgehead atoms. The van der Waals surface area contributed by atoms with E-state index in [-0.39, 0.29) is 5.91 Å². The first-order chi connectivity index (χ1) is 11.6. The van der Waals surface area contributed by atoms with Crippen LogP contribution in [0.1, 0.15) is 23.7 Å². The zero-order chi connectivity index (χ0) is 16.9. The summed E-state index contributed by atoms with van der Waals surface area (Å²) in [6.45, 7) is 7.38. The van der Waals surface area contributed by atoms with Crippen LogP contribution in [-0.2, 0) is 0 Å². The largest absolute Gasteiger partial charge is 0.352 e. The summed E-state index contributed by atoms with van der Waals surface area (Å²) in [6.07, 6.45) is 4.26. The lowest BCUT2D eigenvalue weighted by Gasteiger charge is -2.36. The molecule has 3 rings (SSSR count). The highest BCUT2D eigenvalue weighted by molar-refractivity contribution is 5.97. The topological polar surface area (TPSA) is 61.4 Å². The number of carbonyl (C=O) groups is 1. The summed E-state index contributed by atoms with van der Waals surface area (Å²) in [5.74, 6) is -0.0480. The highest BCUT2D eigenvalue weighted by atomic mass is 16.1. The fourth-order valence-corrected chi connectivity index (χ4v) is 3.05. The van der Waals surface area contributed by atoms with Gasteiger partial charge in [-0.3, -0.25) is 19.7 Å². The zero-order valence-electron chi connectivity index (χ0n) is 14.4. The number of hydrogen-bond acceptors (Lipinski definition) is 5. The van der Waals surface area contributed by atoms with Crippen LogP contribution in [0.25, 0.3) is 11.0 Å². The van der Waals surface area contributed by atoms with Gasteiger partial charge in [-0.05, 0) is 38.6 Å². The van der Waals surface area contributed by atoms with E-state index in [4.69, 9.17) is 0 Å². The van der Waals surface area contributed by atoms with Gasteiger partial charge in [0.15, 0.2) is 0 Å². The van der Waals surface area contributed by atoms with E-state index in [0.717, 1.165) is 43.6 Å². The van der Waals surface area contributed by atoms with Crippen molar-refractivity contribution in [3.8, 4) is 0 Å². The van der Waals surface area contributed by atoms with E-state index >= 15 is 0 Å². The number of likely N-dealkylation sites (N-methyl/N-ethyl adjacent to an activating group) is 1. The maximum absolute atomic E-state index is 12.3. The molecule has 1 saturated heterocycles. The third-order valence-electron chi connectivity index (χ3n) is 4.74. The minimum absolute atomic E-state index is 0.0480. The molecular weight excluding hydrogens is 302 g/mol. The predicted octanol–water partition coefficient (Wildman–Crippen LogP) is 1.39. The molecule has 0 spiro atoms. The first kappa shape index (κ1) is 16.8. The number of nitrogens with zero attached hydrogens (tertiary/aromatic N) is 4. The van der Waals surface area contributed by atoms with Gasteiger partial charge >= 0.3 is 0 Å². The van der Waals surface area contributed by atoms with Gasteiger partial charge in [-0.15, -0.1) is 0 Å². The van der Waals surface area contributed by atoms with Gasteiger partial charge in [0.25, 0.3) is 5.91 Å². The molecule has 0 saturated carbocycles. The predicted molar refractivity (Wildman–Crippen MR) is 95.0 cm³/mol. The average Bonchev–Trinajstić information content (AvgIpc) is 2.61. The molecule has 6 heteroatoms. The third kappa shape index (κ3) is 4.07. The molecule has 1 aromatic carbocycles. The summed E-state index contributed by atoms with van der Waals surface area (Å²) in [6, 6.07) is 5.92. The SMILES string of the molecule is C[C@H](CCNC(=O)c1ccc2nccnc2c1)N1CCN(C)CC1. The molecule has 1 fully saturated rings. The van der Waals surface area contributed by atoms with Crippen molar-refractivity contribution < 1.29 is 4.79 Å². The maximum Gasteiger partial charge on any atom is 0.251 e. The number of hydrogen-bond donors (Lipinski definition) is 1. The van der Waals surface area contributed by atoms with Crippen LogP contribution in [0.15, 0.2) is 30.6 Å². The van der Waals surface area contributed by atoms with E-state index in [9.17, 15) is 4.79 Å². The standard InChI is InChI=1S/C18H25N5O/c1-14(23-11-9-22(2)10-12-23)5-6-21-18(24)15-3-4-16-17(13-15)20-8-7-19-16/h3-4,7-8,13-14H,5-6,9-12H2,1-2H3,(H,21,24)/t14-/m1/s1. The molecule has 0 radical (unpaired) electrons. The Hall–Kier alpha value is -2.05. The van der Waals surface area contributed by atoms with Gasteiger partial charge < -0.3 is 10.2 Å². The summed E-state index contributed by atoms with van der Waals surface area (Å²) in [4.78, 5) is 25.6. The number of fused-ring (bicyclic) bond motifs is 1. The first-order valence-electron chi connectivity index (χ1n) is 8.55. The van der Waals surface area contributed by atoms with E-state index in [2.05, 4.69) is 39.1 Å². The maximum atomic E-state index is 12.3. The second kappa shape index (κ2) is 7.68. The van der Waals surface area contributed by atoms with Crippen LogP contribution in [0.4, 0.5) is 0 Å². The number of carbonyl (C=O) groups excluding carboxylic acids is 1. The molecule has 1 aliphatic heterocycles. The lowest BCUT2D eigenvalue weighted by atomic mass is 10.1. The van der Waals surface area contributed by atoms with Crippen molar-refractivity contribution in [2.24, 2.45) is 0 Å². The van der Waals surface area contributed by atoms with Gasteiger partial charge in [0.1, 0.15) is 0 Å². The summed E-state index contributed by atoms with van der Waals surface area (Å²) in [5, 5.41) is 3.02. The van der Waals surface area contributed by atoms with Gasteiger partial charge in [0, 0.05) is 56.7 Å². The van der Waals surface area contributed by atoms with Crippen molar-refractivity contribution in [2.45, 2.75) is 19.4 Å². The van der Waals surface area contributed by atoms with Crippen LogP contribution in [0, 0.1) is 0 Å². The van der Waals surface area contributed by atoms with Crippen molar-refractivity contribution in [3.05, 3.63) is 36.2 Å². The van der Waals surface area contributed by atoms with Gasteiger partial charge in [0.2, 0.25) is 0 Å². The highest BCUT2D eigenvalue weighted by Gasteiger charge is 2.19. The second-order valence-corrected chi connectivity index (χ2v) is 6.49. The van der Waals surface area contributed by atoms with Gasteiger partial charge in [-0.1, -0.05) is 0 Å². The lowest BCUT2D eigenvalue weighted by molar-refractivity contribution is 0.0935. The molecule has 128 valence electrons. The Kier molecular flexibility index (Phi) is 5.37. The van der Waals surface area contributed by atoms with E-state index in [0.29, 0.717) is 18.2 Å². The summed E-state index contributed by atoms with van der Waals surface area (Å²) in [7, 11) is 2.16. The normalized spacial score (nSPS) is 17.8. The Labute approximate surface area is 142 Å². The van der Waals surface area contributed by atoms with Crippen LogP contribution in [0.5, 0.6) is 0 Å². The fourth-order valence-electron chi connectivity index (χ4n) is 3.05. The minimum Gasteiger partial charge on any atom is -0.352 e. The fraction of sp³-hybridized carbons (Fsp3) is 0.500. The van der Waals surface area contributed by atoms with Crippen molar-refractivity contribution in [3.63, 3.8) is 0 Å². The van der Waals surface area contributed by atoms with Crippen molar-refractivity contribution >= 4 is 16.9 Å². The monoisotopic (exact) mass is 327 g/mol. The Balaban J connectivity index is 1.49. The number of amides is 1. The molecule has 1 aromatic heterocycles. The van der Waals surface area contributed by atoms with Crippen LogP contribution >= 0.6 is 0 Å². The molecule has 24 heavy (non-hydrogen) atoms. The molecule has 0 unspecified atom stereocenters. The quantitative estimate of drug-likeness (QED) is 0.899. The van der Waals surface area contributed by atoms with Crippen LogP contribution < -0.4 is 5.32 Å². The number of benzene rings is 1. The van der Waals surface area contributed by atoms with Crippen molar-refractivity contribution in [1.82, 2.24) is 25.1 Å². The third-order valence-corrected chi connectivity index (χ3v) is 4.74. The van der Waals surface area contributed by atoms with E-state index in [1.165, 1.54) is 0 Å². The molecular formula is C18H25N5O. The number of piperazine rings is 1. The smallest absolute Gasteiger partial charge is 0.251 e. The summed E-state index contributed by atoms with van der Waals surface area (Å²) >= 11 is 0. The molecule has 2 heterocycles. The Bertz CT molecular complexity index is 697. The van der Waals surface area contributed by atoms with Crippen LogP contribution in [0.3, 0.4) is 0 Å². The molecule has 6 nitrogen and oxygen atoms in total. The number of rotatable bonds is 5. The van der Waals surface area contributed by atoms with Crippen molar-refractivity contribution in [1.29, 1.82) is 0 Å². The molecule has 1 atom stereocenters. The second-order valence-electron chi connectivity index (χ2n) is 6.49. The average molecular weight is 327 g/mol. The molecule has 2 aromatic rings. The van der Waals surface area contributed by atoms with Crippen molar-refractivity contribution in [2.75, 3.05) is 39.8 Å². The zero-order valence-corrected chi connectivity index (χ0v) is 14.4. The summed E-state index contributed by atoms with van der Waals surface area (Å²) < 4.78 is 0. The number of aromatic nitrogens is 2. The number of nitrogens with one attached hydrogen (secondary N) is 1. The molecule has 1 amide bonds. The van der Waals surface area contributed by atoms with Crippen LogP contribution in [0.2, 0.25) is 0 Å². The minimum atomic E-state index is -0.0480. The van der Waals surface area contributed by atoms with E-state index in [1.54, 1.807) is 24.5 Å². The molecule has 1 N–H and O–H groups in total. The van der Waals surface area contributed by atoms with Gasteiger partial charge in [0.05, 0.1) is 11.0 Å². The Morgan fingerprint density at radius 1 is 1.17 bits per heavy atom. The Morgan fingerprint density at radius 2 is 1.88 bits per heavy atom. The van der Waals surface area contributed by atoms with Crippen LogP contribution in [-0.4, -0.2) is 71.5 Å². The van der Waals surface area contributed by atoms with E-state index in [1.807, 2.05) is 6.07 Å². The van der Waals surface area contributed by atoms with E-state index < -0.39 is 0 Å². The first-order valence-corrected chi connectivity index (χ1v) is 8.55. The molecule has 1 aliphatic rings. The lowest BCUT2D eigenvalue weighted by Crippen LogP contribution is -2.48.